The molecule has 0 atom stereocenters. The maximum atomic E-state index is 12.8. The summed E-state index contributed by atoms with van der Waals surface area (Å²) in [5.41, 5.74) is 2.88. The number of sulfonamides is 1. The molecule has 2 N–H and O–H groups in total. The predicted octanol–water partition coefficient (Wildman–Crippen LogP) is 4.60. The van der Waals surface area contributed by atoms with Crippen LogP contribution in [0, 0.1) is 0 Å². The first-order chi connectivity index (χ1) is 19.0. The van der Waals surface area contributed by atoms with Crippen LogP contribution in [0.2, 0.25) is 0 Å². The number of imidazole rings is 1. The quantitative estimate of drug-likeness (QED) is 0.255. The fourth-order valence-corrected chi connectivity index (χ4v) is 5.42. The molecule has 0 aliphatic carbocycles. The Bertz CT molecular complexity index is 1900. The number of hydrogen-bond donors (Lipinski definition) is 2. The molecule has 6 rings (SSSR count). The maximum absolute atomic E-state index is 12.8. The third-order valence-electron chi connectivity index (χ3n) is 6.23. The van der Waals surface area contributed by atoms with Crippen molar-refractivity contribution in [3.8, 4) is 28.4 Å². The van der Waals surface area contributed by atoms with Gasteiger partial charge in [-0.05, 0) is 41.1 Å². The van der Waals surface area contributed by atoms with Crippen LogP contribution in [0.15, 0.2) is 101 Å². The fourth-order valence-electron chi connectivity index (χ4n) is 4.36. The first-order valence-electron chi connectivity index (χ1n) is 12.2. The van der Waals surface area contributed by atoms with Gasteiger partial charge in [-0.25, -0.2) is 23.1 Å². The lowest BCUT2D eigenvalue weighted by molar-refractivity contribution is 0.415. The molecular weight excluding hydrogens is 516 g/mol. The van der Waals surface area contributed by atoms with E-state index in [-0.39, 0.29) is 18.0 Å². The molecule has 0 amide bonds. The van der Waals surface area contributed by atoms with Crippen LogP contribution in [0.5, 0.6) is 5.75 Å². The molecule has 0 unspecified atom stereocenters. The van der Waals surface area contributed by atoms with Crippen molar-refractivity contribution in [2.75, 3.05) is 25.5 Å². The third kappa shape index (κ3) is 4.92. The molecule has 0 saturated carbocycles. The van der Waals surface area contributed by atoms with Gasteiger partial charge in [-0.3, -0.25) is 4.40 Å². The Morgan fingerprint density at radius 3 is 2.69 bits per heavy atom. The van der Waals surface area contributed by atoms with Gasteiger partial charge in [0, 0.05) is 31.0 Å². The van der Waals surface area contributed by atoms with E-state index in [1.165, 1.54) is 0 Å². The van der Waals surface area contributed by atoms with E-state index in [1.807, 2.05) is 52.9 Å². The van der Waals surface area contributed by atoms with Gasteiger partial charge in [0.1, 0.15) is 23.4 Å². The van der Waals surface area contributed by atoms with E-state index >= 15 is 0 Å². The molecule has 6 aromatic rings. The number of methoxy groups -OCH3 is 1. The van der Waals surface area contributed by atoms with E-state index in [2.05, 4.69) is 25.0 Å². The molecule has 0 spiro atoms. The summed E-state index contributed by atoms with van der Waals surface area (Å²) in [6.45, 7) is 0.434. The van der Waals surface area contributed by atoms with Gasteiger partial charge in [0.2, 0.25) is 16.0 Å². The molecular formula is C28H24N6O4S. The minimum absolute atomic E-state index is 0.149. The highest BCUT2D eigenvalue weighted by atomic mass is 32.2. The maximum Gasteiger partial charge on any atom is 0.306 e. The third-order valence-corrected chi connectivity index (χ3v) is 7.69. The molecule has 0 saturated heterocycles. The van der Waals surface area contributed by atoms with Crippen molar-refractivity contribution >= 4 is 32.6 Å². The summed E-state index contributed by atoms with van der Waals surface area (Å²) in [6, 6.07) is 22.1. The molecule has 3 aromatic heterocycles. The second-order valence-electron chi connectivity index (χ2n) is 8.70. The summed E-state index contributed by atoms with van der Waals surface area (Å²) >= 11 is 0. The van der Waals surface area contributed by atoms with Crippen molar-refractivity contribution in [1.29, 1.82) is 0 Å². The Morgan fingerprint density at radius 1 is 0.949 bits per heavy atom. The first-order valence-corrected chi connectivity index (χ1v) is 13.7. The Balaban J connectivity index is 1.19. The van der Waals surface area contributed by atoms with E-state index in [4.69, 9.17) is 9.15 Å². The van der Waals surface area contributed by atoms with E-state index in [1.54, 1.807) is 50.0 Å². The number of nitrogens with one attached hydrogen (secondary N) is 2. The van der Waals surface area contributed by atoms with Gasteiger partial charge in [-0.1, -0.05) is 42.5 Å². The van der Waals surface area contributed by atoms with Gasteiger partial charge >= 0.3 is 5.84 Å². The van der Waals surface area contributed by atoms with Gasteiger partial charge in [-0.15, -0.1) is 0 Å². The van der Waals surface area contributed by atoms with Crippen LogP contribution in [0.4, 0.5) is 5.95 Å². The van der Waals surface area contributed by atoms with E-state index in [0.29, 0.717) is 28.9 Å². The summed E-state index contributed by atoms with van der Waals surface area (Å²) in [5.74, 6) is 1.49. The summed E-state index contributed by atoms with van der Waals surface area (Å²) in [4.78, 5) is 13.8. The lowest BCUT2D eigenvalue weighted by Gasteiger charge is -2.10. The zero-order valence-corrected chi connectivity index (χ0v) is 21.7. The van der Waals surface area contributed by atoms with Crippen molar-refractivity contribution in [1.82, 2.24) is 24.1 Å². The summed E-state index contributed by atoms with van der Waals surface area (Å²) < 4.78 is 41.0. The van der Waals surface area contributed by atoms with Crippen molar-refractivity contribution in [3.05, 3.63) is 91.5 Å². The molecule has 3 heterocycles. The van der Waals surface area contributed by atoms with E-state index in [0.717, 1.165) is 22.0 Å². The Morgan fingerprint density at radius 2 is 1.82 bits per heavy atom. The van der Waals surface area contributed by atoms with Gasteiger partial charge in [0.05, 0.1) is 17.7 Å². The largest absolute Gasteiger partial charge is 0.497 e. The zero-order valence-electron chi connectivity index (χ0n) is 20.9. The first kappa shape index (κ1) is 24.6. The highest BCUT2D eigenvalue weighted by molar-refractivity contribution is 7.89. The Hall–Kier alpha value is -4.74. The number of anilines is 1. The minimum Gasteiger partial charge on any atom is -0.497 e. The average Bonchev–Trinajstić information content (AvgIpc) is 3.57. The number of ether oxygens (including phenoxy) is 1. The Labute approximate surface area is 224 Å². The number of nitrogens with zero attached hydrogens (tertiary/aromatic N) is 4. The smallest absolute Gasteiger partial charge is 0.306 e. The van der Waals surface area contributed by atoms with Crippen LogP contribution in [-0.4, -0.2) is 48.0 Å². The standard InChI is InChI=1S/C28H24N6O4S/c1-37-22-8-4-7-21(17-22)25-26(34-15-16-38-28(34)33-25)24-11-12-29-27(32-24)30-13-14-31-39(35,36)23-10-9-19-5-2-3-6-20(19)18-23/h2-12,15-18,31H,13-14H2,1H3,(H,29,30,32). The number of aromatic nitrogens is 4. The summed E-state index contributed by atoms with van der Waals surface area (Å²) in [5, 5.41) is 4.94. The normalized spacial score (nSPS) is 11.7. The lowest BCUT2D eigenvalue weighted by Crippen LogP contribution is -2.29. The monoisotopic (exact) mass is 540 g/mol. The van der Waals surface area contributed by atoms with Crippen molar-refractivity contribution in [2.45, 2.75) is 4.90 Å². The number of rotatable bonds is 9. The SMILES string of the molecule is COc1cccc(-c2nc3occn3c2-c2ccnc(NCCNS(=O)(=O)c3ccc4ccccc4c3)n2)c1. The van der Waals surface area contributed by atoms with Crippen LogP contribution in [-0.2, 0) is 10.0 Å². The minimum atomic E-state index is -3.67. The predicted molar refractivity (Wildman–Crippen MR) is 148 cm³/mol. The van der Waals surface area contributed by atoms with Crippen LogP contribution in [0.1, 0.15) is 0 Å². The number of benzene rings is 3. The molecule has 3 aromatic carbocycles. The molecule has 0 aliphatic heterocycles. The van der Waals surface area contributed by atoms with Crippen molar-refractivity contribution in [2.24, 2.45) is 0 Å². The van der Waals surface area contributed by atoms with Crippen molar-refractivity contribution in [3.63, 3.8) is 0 Å². The molecule has 39 heavy (non-hydrogen) atoms. The van der Waals surface area contributed by atoms with Crippen LogP contribution in [0.3, 0.4) is 0 Å². The second-order valence-corrected chi connectivity index (χ2v) is 10.5. The van der Waals surface area contributed by atoms with Gasteiger partial charge < -0.3 is 14.5 Å². The molecule has 11 heteroatoms. The number of fused-ring (bicyclic) bond motifs is 2. The molecule has 0 bridgehead atoms. The average molecular weight is 541 g/mol. The zero-order chi connectivity index (χ0) is 26.8. The highest BCUT2D eigenvalue weighted by Gasteiger charge is 2.20. The summed E-state index contributed by atoms with van der Waals surface area (Å²) in [7, 11) is -2.06. The van der Waals surface area contributed by atoms with Crippen LogP contribution < -0.4 is 14.8 Å². The van der Waals surface area contributed by atoms with E-state index < -0.39 is 10.0 Å². The Kier molecular flexibility index (Phi) is 6.43. The fraction of sp³-hybridized carbons (Fsp3) is 0.107. The second kappa shape index (κ2) is 10.2. The van der Waals surface area contributed by atoms with Crippen molar-refractivity contribution < 1.29 is 17.6 Å². The summed E-state index contributed by atoms with van der Waals surface area (Å²) in [6.07, 6.45) is 4.97. The van der Waals surface area contributed by atoms with Crippen LogP contribution in [0.25, 0.3) is 39.3 Å². The molecule has 10 nitrogen and oxygen atoms in total. The van der Waals surface area contributed by atoms with Gasteiger partial charge in [-0.2, -0.15) is 4.98 Å². The topological polar surface area (TPSA) is 124 Å². The van der Waals surface area contributed by atoms with E-state index in [9.17, 15) is 8.42 Å². The van der Waals surface area contributed by atoms with Crippen LogP contribution >= 0.6 is 0 Å². The molecule has 0 aliphatic rings. The highest BCUT2D eigenvalue weighted by Crippen LogP contribution is 2.33. The molecule has 196 valence electrons. The molecule has 0 fully saturated rings. The number of oxazole rings is 1. The lowest BCUT2D eigenvalue weighted by atomic mass is 10.1. The van der Waals surface area contributed by atoms with Gasteiger partial charge in [0.15, 0.2) is 0 Å². The molecule has 0 radical (unpaired) electrons. The number of hydrogen-bond acceptors (Lipinski definition) is 8. The van der Waals surface area contributed by atoms with Gasteiger partial charge in [0.25, 0.3) is 0 Å².